The first-order valence-corrected chi connectivity index (χ1v) is 6.30. The van der Waals surface area contributed by atoms with Crippen LogP contribution in [0.3, 0.4) is 0 Å². The summed E-state index contributed by atoms with van der Waals surface area (Å²) in [6.07, 6.45) is 3.60. The highest BCUT2D eigenvalue weighted by molar-refractivity contribution is 5.85. The molecule has 1 aromatic rings. The number of rotatable bonds is 3. The van der Waals surface area contributed by atoms with E-state index in [9.17, 15) is 4.79 Å². The third kappa shape index (κ3) is 1.75. The topological polar surface area (TPSA) is 63.3 Å². The van der Waals surface area contributed by atoms with Crippen LogP contribution in [0.4, 0.5) is 0 Å². The fourth-order valence-corrected chi connectivity index (χ4v) is 2.98. The van der Waals surface area contributed by atoms with Crippen LogP contribution < -0.4 is 0 Å². The van der Waals surface area contributed by atoms with Gasteiger partial charge in [-0.25, -0.2) is 9.78 Å². The van der Waals surface area contributed by atoms with Crippen molar-refractivity contribution in [3.8, 4) is 0 Å². The van der Waals surface area contributed by atoms with E-state index in [1.807, 2.05) is 13.8 Å². The molecule has 2 atom stereocenters. The summed E-state index contributed by atoms with van der Waals surface area (Å²) in [5.41, 5.74) is 0.591. The van der Waals surface area contributed by atoms with Crippen molar-refractivity contribution in [1.29, 1.82) is 0 Å². The van der Waals surface area contributed by atoms with Crippen molar-refractivity contribution in [3.05, 3.63) is 17.3 Å². The van der Waals surface area contributed by atoms with E-state index in [1.165, 1.54) is 6.42 Å². The van der Waals surface area contributed by atoms with Gasteiger partial charge in [0.15, 0.2) is 5.89 Å². The first-order chi connectivity index (χ1) is 8.06. The highest BCUT2D eigenvalue weighted by Gasteiger charge is 2.48. The molecule has 0 aliphatic heterocycles. The van der Waals surface area contributed by atoms with E-state index in [1.54, 1.807) is 0 Å². The van der Waals surface area contributed by atoms with Crippen LogP contribution in [-0.2, 0) is 0 Å². The zero-order chi connectivity index (χ0) is 12.2. The number of carboxylic acid groups (broad SMARTS) is 1. The van der Waals surface area contributed by atoms with Gasteiger partial charge in [-0.05, 0) is 37.0 Å². The van der Waals surface area contributed by atoms with E-state index < -0.39 is 5.97 Å². The van der Waals surface area contributed by atoms with Crippen molar-refractivity contribution in [2.75, 3.05) is 0 Å². The monoisotopic (exact) mass is 235 g/mol. The van der Waals surface area contributed by atoms with E-state index in [2.05, 4.69) is 4.98 Å². The second kappa shape index (κ2) is 3.59. The number of fused-ring (bicyclic) bond motifs is 1. The van der Waals surface area contributed by atoms with Crippen molar-refractivity contribution >= 4 is 5.97 Å². The Labute approximate surface area is 100 Å². The summed E-state index contributed by atoms with van der Waals surface area (Å²) < 4.78 is 5.48. The van der Waals surface area contributed by atoms with Gasteiger partial charge in [0.25, 0.3) is 0 Å². The average Bonchev–Trinajstić information content (AvgIpc) is 2.76. The minimum absolute atomic E-state index is 0.0376. The molecule has 0 aromatic carbocycles. The Bertz CT molecular complexity index is 453. The van der Waals surface area contributed by atoms with Crippen LogP contribution >= 0.6 is 0 Å². The SMILES string of the molecule is CC(C)c1nc(C2CC3CC3C2)oc1C(=O)O. The molecule has 1 aromatic heterocycles. The maximum atomic E-state index is 11.1. The van der Waals surface area contributed by atoms with Gasteiger partial charge in [0, 0.05) is 5.92 Å². The van der Waals surface area contributed by atoms with Crippen LogP contribution in [0.5, 0.6) is 0 Å². The van der Waals surface area contributed by atoms with E-state index in [4.69, 9.17) is 9.52 Å². The summed E-state index contributed by atoms with van der Waals surface area (Å²) >= 11 is 0. The van der Waals surface area contributed by atoms with Gasteiger partial charge in [-0.1, -0.05) is 13.8 Å². The molecular formula is C13H17NO3. The number of carboxylic acids is 1. The predicted molar refractivity (Wildman–Crippen MR) is 61.1 cm³/mol. The summed E-state index contributed by atoms with van der Waals surface area (Å²) in [5, 5.41) is 9.10. The van der Waals surface area contributed by atoms with Crippen molar-refractivity contribution in [2.45, 2.75) is 44.9 Å². The molecular weight excluding hydrogens is 218 g/mol. The van der Waals surface area contributed by atoms with Gasteiger partial charge in [-0.15, -0.1) is 0 Å². The van der Waals surface area contributed by atoms with Gasteiger partial charge in [-0.2, -0.15) is 0 Å². The van der Waals surface area contributed by atoms with Gasteiger partial charge in [0.2, 0.25) is 5.76 Å². The van der Waals surface area contributed by atoms with Gasteiger partial charge in [0.05, 0.1) is 5.69 Å². The minimum atomic E-state index is -1.00. The Balaban J connectivity index is 1.90. The number of aromatic carboxylic acids is 1. The fourth-order valence-electron chi connectivity index (χ4n) is 2.98. The van der Waals surface area contributed by atoms with Gasteiger partial charge >= 0.3 is 5.97 Å². The van der Waals surface area contributed by atoms with E-state index in [0.717, 1.165) is 24.7 Å². The van der Waals surface area contributed by atoms with Crippen molar-refractivity contribution in [2.24, 2.45) is 11.8 Å². The summed E-state index contributed by atoms with van der Waals surface area (Å²) in [6, 6.07) is 0. The van der Waals surface area contributed by atoms with Gasteiger partial charge in [-0.3, -0.25) is 0 Å². The maximum Gasteiger partial charge on any atom is 0.373 e. The molecule has 2 unspecified atom stereocenters. The Kier molecular flexibility index (Phi) is 2.28. The Morgan fingerprint density at radius 2 is 2.00 bits per heavy atom. The Morgan fingerprint density at radius 3 is 2.47 bits per heavy atom. The molecule has 0 spiro atoms. The summed E-state index contributed by atoms with van der Waals surface area (Å²) in [6.45, 7) is 3.89. The summed E-state index contributed by atoms with van der Waals surface area (Å²) in [7, 11) is 0. The summed E-state index contributed by atoms with van der Waals surface area (Å²) in [5.74, 6) is 1.83. The highest BCUT2D eigenvalue weighted by atomic mass is 16.4. The van der Waals surface area contributed by atoms with Gasteiger partial charge < -0.3 is 9.52 Å². The quantitative estimate of drug-likeness (QED) is 0.874. The standard InChI is InChI=1S/C13H17NO3/c1-6(2)10-11(13(15)16)17-12(14-10)9-4-7-3-8(7)5-9/h6-9H,3-5H2,1-2H3,(H,15,16). The Hall–Kier alpha value is -1.32. The van der Waals surface area contributed by atoms with Gasteiger partial charge in [0.1, 0.15) is 0 Å². The molecule has 0 radical (unpaired) electrons. The zero-order valence-corrected chi connectivity index (χ0v) is 10.1. The Morgan fingerprint density at radius 1 is 1.35 bits per heavy atom. The number of carbonyl (C=O) groups is 1. The molecule has 0 saturated heterocycles. The lowest BCUT2D eigenvalue weighted by atomic mass is 10.0. The van der Waals surface area contributed by atoms with E-state index in [-0.39, 0.29) is 11.7 Å². The third-order valence-corrected chi connectivity index (χ3v) is 4.00. The lowest BCUT2D eigenvalue weighted by Gasteiger charge is -2.05. The number of oxazole rings is 1. The van der Waals surface area contributed by atoms with Crippen LogP contribution in [-0.4, -0.2) is 16.1 Å². The molecule has 17 heavy (non-hydrogen) atoms. The fraction of sp³-hybridized carbons (Fsp3) is 0.692. The summed E-state index contributed by atoms with van der Waals surface area (Å²) in [4.78, 5) is 15.5. The van der Waals surface area contributed by atoms with E-state index >= 15 is 0 Å². The van der Waals surface area contributed by atoms with Crippen LogP contribution in [0.15, 0.2) is 4.42 Å². The number of aromatic nitrogens is 1. The molecule has 2 aliphatic rings. The molecule has 1 heterocycles. The molecule has 4 heteroatoms. The van der Waals surface area contributed by atoms with Crippen molar-refractivity contribution in [1.82, 2.24) is 4.98 Å². The second-order valence-corrected chi connectivity index (χ2v) is 5.65. The second-order valence-electron chi connectivity index (χ2n) is 5.65. The largest absolute Gasteiger partial charge is 0.475 e. The smallest absolute Gasteiger partial charge is 0.373 e. The highest BCUT2D eigenvalue weighted by Crippen LogP contribution is 2.57. The number of nitrogens with zero attached hydrogens (tertiary/aromatic N) is 1. The minimum Gasteiger partial charge on any atom is -0.475 e. The lowest BCUT2D eigenvalue weighted by Crippen LogP contribution is -2.01. The molecule has 1 N–H and O–H groups in total. The van der Waals surface area contributed by atoms with Crippen molar-refractivity contribution < 1.29 is 14.3 Å². The predicted octanol–water partition coefficient (Wildman–Crippen LogP) is 3.01. The van der Waals surface area contributed by atoms with E-state index in [0.29, 0.717) is 17.5 Å². The molecule has 4 nitrogen and oxygen atoms in total. The normalized spacial score (nSPS) is 30.6. The van der Waals surface area contributed by atoms with Crippen LogP contribution in [0.25, 0.3) is 0 Å². The number of hydrogen-bond donors (Lipinski definition) is 1. The molecule has 0 amide bonds. The van der Waals surface area contributed by atoms with Crippen molar-refractivity contribution in [3.63, 3.8) is 0 Å². The first kappa shape index (κ1) is 10.8. The molecule has 2 saturated carbocycles. The molecule has 3 rings (SSSR count). The number of hydrogen-bond acceptors (Lipinski definition) is 3. The molecule has 92 valence electrons. The third-order valence-electron chi connectivity index (χ3n) is 4.00. The first-order valence-electron chi connectivity index (χ1n) is 6.30. The maximum absolute atomic E-state index is 11.1. The molecule has 0 bridgehead atoms. The molecule has 2 aliphatic carbocycles. The van der Waals surface area contributed by atoms with Crippen LogP contribution in [0, 0.1) is 11.8 Å². The van der Waals surface area contributed by atoms with Crippen LogP contribution in [0.2, 0.25) is 0 Å². The lowest BCUT2D eigenvalue weighted by molar-refractivity contribution is 0.0657. The molecule has 2 fully saturated rings. The van der Waals surface area contributed by atoms with Crippen LogP contribution in [0.1, 0.15) is 67.1 Å². The zero-order valence-electron chi connectivity index (χ0n) is 10.1. The average molecular weight is 235 g/mol.